The van der Waals surface area contributed by atoms with Gasteiger partial charge in [-0.25, -0.2) is 4.98 Å². The summed E-state index contributed by atoms with van der Waals surface area (Å²) < 4.78 is 37.2. The second-order valence-corrected chi connectivity index (χ2v) is 4.22. The largest absolute Gasteiger partial charge is 0.433 e. The third-order valence-corrected chi connectivity index (χ3v) is 2.67. The van der Waals surface area contributed by atoms with E-state index in [0.717, 1.165) is 12.3 Å². The minimum atomic E-state index is -4.50. The van der Waals surface area contributed by atoms with Crippen molar-refractivity contribution in [3.8, 4) is 0 Å². The van der Waals surface area contributed by atoms with Crippen LogP contribution in [0.3, 0.4) is 0 Å². The molecule has 0 aliphatic heterocycles. The highest BCUT2D eigenvalue weighted by Crippen LogP contribution is 2.29. The number of rotatable bonds is 3. The summed E-state index contributed by atoms with van der Waals surface area (Å²) in [7, 11) is 0. The number of anilines is 3. The Morgan fingerprint density at radius 2 is 1.90 bits per heavy atom. The average molecular weight is 296 g/mol. The van der Waals surface area contributed by atoms with Crippen molar-refractivity contribution in [1.29, 1.82) is 0 Å². The zero-order chi connectivity index (χ0) is 15.6. The van der Waals surface area contributed by atoms with Crippen LogP contribution in [0.2, 0.25) is 0 Å². The number of carbonyl (C=O) groups excluding carboxylic acids is 1. The average Bonchev–Trinajstić information content (AvgIpc) is 2.40. The maximum Gasteiger partial charge on any atom is 0.433 e. The van der Waals surface area contributed by atoms with Crippen molar-refractivity contribution in [2.24, 2.45) is 5.73 Å². The van der Waals surface area contributed by atoms with Crippen molar-refractivity contribution in [3.63, 3.8) is 0 Å². The van der Waals surface area contributed by atoms with Gasteiger partial charge in [0.05, 0.1) is 23.3 Å². The maximum absolute atomic E-state index is 12.4. The molecular formula is C13H11F3N4O. The van der Waals surface area contributed by atoms with Crippen LogP contribution in [0.4, 0.5) is 30.2 Å². The summed E-state index contributed by atoms with van der Waals surface area (Å²) in [5.74, 6) is -0.636. The van der Waals surface area contributed by atoms with Crippen LogP contribution in [0.25, 0.3) is 0 Å². The minimum absolute atomic E-state index is 0.228. The lowest BCUT2D eigenvalue weighted by Gasteiger charge is -2.11. The Balaban J connectivity index is 2.26. The van der Waals surface area contributed by atoms with Gasteiger partial charge in [0.1, 0.15) is 5.69 Å². The minimum Gasteiger partial charge on any atom is -0.397 e. The van der Waals surface area contributed by atoms with Gasteiger partial charge in [-0.05, 0) is 30.3 Å². The van der Waals surface area contributed by atoms with Gasteiger partial charge in [0, 0.05) is 5.56 Å². The number of carbonyl (C=O) groups is 1. The Kier molecular flexibility index (Phi) is 3.70. The summed E-state index contributed by atoms with van der Waals surface area (Å²) in [5.41, 5.74) is 11.1. The number of hydrogen-bond acceptors (Lipinski definition) is 4. The van der Waals surface area contributed by atoms with Crippen molar-refractivity contribution in [2.75, 3.05) is 11.1 Å². The highest BCUT2D eigenvalue weighted by atomic mass is 19.4. The van der Waals surface area contributed by atoms with Crippen molar-refractivity contribution in [3.05, 3.63) is 47.8 Å². The van der Waals surface area contributed by atoms with Gasteiger partial charge in [0.15, 0.2) is 0 Å². The van der Waals surface area contributed by atoms with E-state index in [0.29, 0.717) is 17.1 Å². The predicted octanol–water partition coefficient (Wildman–Crippen LogP) is 2.53. The van der Waals surface area contributed by atoms with E-state index < -0.39 is 17.8 Å². The zero-order valence-electron chi connectivity index (χ0n) is 10.6. The number of pyridine rings is 1. The van der Waals surface area contributed by atoms with Crippen LogP contribution >= 0.6 is 0 Å². The van der Waals surface area contributed by atoms with Crippen LogP contribution < -0.4 is 16.8 Å². The van der Waals surface area contributed by atoms with Gasteiger partial charge >= 0.3 is 6.18 Å². The van der Waals surface area contributed by atoms with Crippen molar-refractivity contribution >= 4 is 23.0 Å². The van der Waals surface area contributed by atoms with E-state index in [-0.39, 0.29) is 5.56 Å². The first-order valence-corrected chi connectivity index (χ1v) is 5.77. The molecular weight excluding hydrogens is 285 g/mol. The lowest BCUT2D eigenvalue weighted by atomic mass is 10.1. The Morgan fingerprint density at radius 1 is 1.19 bits per heavy atom. The van der Waals surface area contributed by atoms with Crippen molar-refractivity contribution in [1.82, 2.24) is 4.98 Å². The maximum atomic E-state index is 12.4. The molecule has 0 saturated carbocycles. The van der Waals surface area contributed by atoms with E-state index in [1.165, 1.54) is 24.3 Å². The van der Waals surface area contributed by atoms with Gasteiger partial charge in [-0.2, -0.15) is 13.2 Å². The number of hydrogen-bond donors (Lipinski definition) is 3. The molecule has 2 aromatic rings. The first-order chi connectivity index (χ1) is 9.77. The third-order valence-electron chi connectivity index (χ3n) is 2.67. The molecule has 0 saturated heterocycles. The van der Waals surface area contributed by atoms with E-state index in [2.05, 4.69) is 10.3 Å². The number of amides is 1. The second-order valence-electron chi connectivity index (χ2n) is 4.22. The van der Waals surface area contributed by atoms with E-state index in [1.54, 1.807) is 0 Å². The van der Waals surface area contributed by atoms with Gasteiger partial charge in [0.25, 0.3) is 0 Å². The Labute approximate surface area is 117 Å². The number of nitrogens with zero attached hydrogens (tertiary/aromatic N) is 1. The summed E-state index contributed by atoms with van der Waals surface area (Å²) in [6, 6.07) is 6.39. The number of nitrogen functional groups attached to an aromatic ring is 1. The molecule has 0 unspecified atom stereocenters. The van der Waals surface area contributed by atoms with Crippen LogP contribution in [-0.4, -0.2) is 10.9 Å². The van der Waals surface area contributed by atoms with Gasteiger partial charge < -0.3 is 16.8 Å². The molecule has 5 nitrogen and oxygen atoms in total. The number of benzene rings is 1. The highest BCUT2D eigenvalue weighted by molar-refractivity contribution is 5.95. The molecule has 0 bridgehead atoms. The molecule has 1 aromatic carbocycles. The molecule has 2 rings (SSSR count). The first kappa shape index (κ1) is 14.6. The summed E-state index contributed by atoms with van der Waals surface area (Å²) in [6.45, 7) is 0. The van der Waals surface area contributed by atoms with E-state index in [4.69, 9.17) is 11.5 Å². The Morgan fingerprint density at radius 3 is 2.43 bits per heavy atom. The molecule has 5 N–H and O–H groups in total. The monoisotopic (exact) mass is 296 g/mol. The van der Waals surface area contributed by atoms with Gasteiger partial charge in [-0.15, -0.1) is 0 Å². The first-order valence-electron chi connectivity index (χ1n) is 5.77. The summed E-state index contributed by atoms with van der Waals surface area (Å²) >= 11 is 0. The molecule has 0 radical (unpaired) electrons. The fourth-order valence-electron chi connectivity index (χ4n) is 1.61. The van der Waals surface area contributed by atoms with E-state index in [9.17, 15) is 18.0 Å². The number of alkyl halides is 3. The number of nitrogens with one attached hydrogen (secondary N) is 1. The lowest BCUT2D eigenvalue weighted by Crippen LogP contribution is -2.11. The third kappa shape index (κ3) is 3.41. The topological polar surface area (TPSA) is 94.0 Å². The number of halogens is 3. The Bertz CT molecular complexity index is 668. The molecule has 1 aromatic heterocycles. The van der Waals surface area contributed by atoms with E-state index >= 15 is 0 Å². The number of nitrogens with two attached hydrogens (primary N) is 2. The summed E-state index contributed by atoms with van der Waals surface area (Å²) in [6.07, 6.45) is -3.47. The summed E-state index contributed by atoms with van der Waals surface area (Å²) in [5, 5.41) is 2.78. The van der Waals surface area contributed by atoms with Crippen molar-refractivity contribution < 1.29 is 18.0 Å². The van der Waals surface area contributed by atoms with Crippen molar-refractivity contribution in [2.45, 2.75) is 6.18 Å². The quantitative estimate of drug-likeness (QED) is 0.759. The molecule has 8 heteroatoms. The van der Waals surface area contributed by atoms with Crippen LogP contribution in [0, 0.1) is 0 Å². The molecule has 1 heterocycles. The number of primary amides is 1. The molecule has 0 spiro atoms. The summed E-state index contributed by atoms with van der Waals surface area (Å²) in [4.78, 5) is 14.4. The fourth-order valence-corrected chi connectivity index (χ4v) is 1.61. The molecule has 1 amide bonds. The van der Waals surface area contributed by atoms with Crippen LogP contribution in [0.15, 0.2) is 36.5 Å². The molecule has 0 atom stereocenters. The SMILES string of the molecule is NC(=O)c1ccc(N)c(Nc2ccc(C(F)(F)F)nc2)c1. The van der Waals surface area contributed by atoms with E-state index in [1.807, 2.05) is 0 Å². The predicted molar refractivity (Wildman–Crippen MR) is 71.9 cm³/mol. The van der Waals surface area contributed by atoms with Crippen LogP contribution in [-0.2, 0) is 6.18 Å². The fraction of sp³-hybridized carbons (Fsp3) is 0.0769. The van der Waals surface area contributed by atoms with Gasteiger partial charge in [-0.1, -0.05) is 0 Å². The molecule has 0 aliphatic rings. The molecule has 21 heavy (non-hydrogen) atoms. The smallest absolute Gasteiger partial charge is 0.397 e. The molecule has 110 valence electrons. The molecule has 0 fully saturated rings. The Hall–Kier alpha value is -2.77. The lowest BCUT2D eigenvalue weighted by molar-refractivity contribution is -0.141. The second kappa shape index (κ2) is 5.31. The van der Waals surface area contributed by atoms with Gasteiger partial charge in [0.2, 0.25) is 5.91 Å². The number of aromatic nitrogens is 1. The zero-order valence-corrected chi connectivity index (χ0v) is 10.6. The van der Waals surface area contributed by atoms with Crippen LogP contribution in [0.1, 0.15) is 16.1 Å². The normalized spacial score (nSPS) is 11.2. The highest BCUT2D eigenvalue weighted by Gasteiger charge is 2.32. The standard InChI is InChI=1S/C13H11F3N4O/c14-13(15,16)11-4-2-8(6-19-11)20-10-5-7(12(18)21)1-3-9(10)17/h1-6,20H,17H2,(H2,18,21). The molecule has 0 aliphatic carbocycles. The van der Waals surface area contributed by atoms with Gasteiger partial charge in [-0.3, -0.25) is 4.79 Å². The van der Waals surface area contributed by atoms with Crippen LogP contribution in [0.5, 0.6) is 0 Å².